The number of fused-ring (bicyclic) bond motifs is 1. The van der Waals surface area contributed by atoms with Gasteiger partial charge in [-0.15, -0.1) is 0 Å². The van der Waals surface area contributed by atoms with Crippen molar-refractivity contribution < 1.29 is 14.0 Å². The molecule has 0 aromatic heterocycles. The molecule has 0 radical (unpaired) electrons. The van der Waals surface area contributed by atoms with Crippen LogP contribution in [0.15, 0.2) is 30.3 Å². The van der Waals surface area contributed by atoms with Gasteiger partial charge in [-0.05, 0) is 42.4 Å². The van der Waals surface area contributed by atoms with Gasteiger partial charge in [0.2, 0.25) is 5.91 Å². The van der Waals surface area contributed by atoms with E-state index in [2.05, 4.69) is 0 Å². The summed E-state index contributed by atoms with van der Waals surface area (Å²) in [6.07, 6.45) is 11.1. The zero-order chi connectivity index (χ0) is 19.9. The topological polar surface area (TPSA) is 63.4 Å². The van der Waals surface area contributed by atoms with E-state index in [4.69, 9.17) is 5.73 Å². The molecule has 1 aromatic carbocycles. The van der Waals surface area contributed by atoms with Gasteiger partial charge < -0.3 is 10.6 Å². The Morgan fingerprint density at radius 3 is 2.29 bits per heavy atom. The van der Waals surface area contributed by atoms with Crippen LogP contribution < -0.4 is 5.73 Å². The molecule has 2 fully saturated rings. The van der Waals surface area contributed by atoms with Gasteiger partial charge in [0.15, 0.2) is 5.78 Å². The fourth-order valence-electron chi connectivity index (χ4n) is 4.52. The van der Waals surface area contributed by atoms with Crippen LogP contribution in [0.1, 0.15) is 56.9 Å². The molecule has 1 saturated heterocycles. The van der Waals surface area contributed by atoms with Crippen LogP contribution in [0.3, 0.4) is 0 Å². The molecule has 3 unspecified atom stereocenters. The lowest BCUT2D eigenvalue weighted by atomic mass is 9.77. The number of nitrogens with zero attached hydrogens (tertiary/aromatic N) is 1. The second-order valence-corrected chi connectivity index (χ2v) is 8.20. The van der Waals surface area contributed by atoms with Gasteiger partial charge in [0.1, 0.15) is 5.82 Å². The lowest BCUT2D eigenvalue weighted by Crippen LogP contribution is -2.39. The summed E-state index contributed by atoms with van der Waals surface area (Å²) in [5.41, 5.74) is 6.82. The number of likely N-dealkylation sites (tertiary alicyclic amines) is 1. The minimum atomic E-state index is -0.768. The van der Waals surface area contributed by atoms with Gasteiger partial charge in [-0.2, -0.15) is 0 Å². The van der Waals surface area contributed by atoms with Gasteiger partial charge in [0, 0.05) is 25.9 Å². The number of hydrogen-bond donors (Lipinski definition) is 1. The van der Waals surface area contributed by atoms with Gasteiger partial charge in [0.25, 0.3) is 0 Å². The third-order valence-electron chi connectivity index (χ3n) is 6.27. The van der Waals surface area contributed by atoms with Crippen molar-refractivity contribution in [1.82, 2.24) is 4.90 Å². The zero-order valence-electron chi connectivity index (χ0n) is 16.5. The Balaban J connectivity index is 1.45. The molecule has 3 rings (SSSR count). The van der Waals surface area contributed by atoms with E-state index in [1.54, 1.807) is 24.3 Å². The van der Waals surface area contributed by atoms with Crippen molar-refractivity contribution in [3.05, 3.63) is 41.7 Å². The predicted octanol–water partition coefficient (Wildman–Crippen LogP) is 3.94. The van der Waals surface area contributed by atoms with Crippen LogP contribution >= 0.6 is 0 Å². The molecule has 2 N–H and O–H groups in total. The molecule has 1 amide bonds. The summed E-state index contributed by atoms with van der Waals surface area (Å²) in [6.45, 7) is 1.59. The number of amides is 1. The van der Waals surface area contributed by atoms with Gasteiger partial charge >= 0.3 is 0 Å². The Hall–Kier alpha value is -2.01. The number of halogens is 1. The summed E-state index contributed by atoms with van der Waals surface area (Å²) >= 11 is 0. The standard InChI is InChI=1S/C23H31FN2O2/c24-20-10-8-17(9-11-20)4-3-7-22(27)21(25)16-23(28)26-14-12-18-5-1-2-6-19(18)13-15-26/h3-4,8-11,18-19,21H,1-2,5-7,12-16,25H2/b4-3+. The number of Topliss-reactive ketones (excluding diaryl/α,β-unsaturated/α-hetero) is 1. The smallest absolute Gasteiger partial charge is 0.224 e. The maximum atomic E-state index is 12.9. The molecular formula is C23H31FN2O2. The van der Waals surface area contributed by atoms with Crippen molar-refractivity contribution >= 4 is 17.8 Å². The quantitative estimate of drug-likeness (QED) is 0.805. The Kier molecular flexibility index (Phi) is 7.37. The predicted molar refractivity (Wildman–Crippen MR) is 109 cm³/mol. The number of carbonyl (C=O) groups excluding carboxylic acids is 2. The monoisotopic (exact) mass is 386 g/mol. The van der Waals surface area contributed by atoms with E-state index in [1.165, 1.54) is 37.8 Å². The molecule has 0 spiro atoms. The van der Waals surface area contributed by atoms with Gasteiger partial charge in [0.05, 0.1) is 6.04 Å². The average Bonchev–Trinajstić information content (AvgIpc) is 2.92. The number of nitrogens with two attached hydrogens (primary N) is 1. The zero-order valence-corrected chi connectivity index (χ0v) is 16.5. The molecule has 28 heavy (non-hydrogen) atoms. The van der Waals surface area contributed by atoms with Crippen LogP contribution in [0.25, 0.3) is 6.08 Å². The summed E-state index contributed by atoms with van der Waals surface area (Å²) in [5.74, 6) is 1.09. The highest BCUT2D eigenvalue weighted by Crippen LogP contribution is 2.36. The van der Waals surface area contributed by atoms with Crippen LogP contribution in [0.4, 0.5) is 4.39 Å². The highest BCUT2D eigenvalue weighted by Gasteiger charge is 2.30. The van der Waals surface area contributed by atoms with Crippen LogP contribution in [-0.4, -0.2) is 35.7 Å². The van der Waals surface area contributed by atoms with Gasteiger partial charge in [-0.1, -0.05) is 50.0 Å². The first-order valence-electron chi connectivity index (χ1n) is 10.5. The van der Waals surface area contributed by atoms with Crippen molar-refractivity contribution in [1.29, 1.82) is 0 Å². The van der Waals surface area contributed by atoms with Gasteiger partial charge in [-0.3, -0.25) is 9.59 Å². The first-order valence-corrected chi connectivity index (χ1v) is 10.5. The Labute approximate surface area is 167 Å². The first kappa shape index (κ1) is 20.7. The summed E-state index contributed by atoms with van der Waals surface area (Å²) in [5, 5.41) is 0. The van der Waals surface area contributed by atoms with Crippen LogP contribution in [0.2, 0.25) is 0 Å². The molecule has 5 heteroatoms. The largest absolute Gasteiger partial charge is 0.343 e. The van der Waals surface area contributed by atoms with E-state index < -0.39 is 6.04 Å². The van der Waals surface area contributed by atoms with Crippen molar-refractivity contribution in [3.8, 4) is 0 Å². The molecule has 152 valence electrons. The van der Waals surface area contributed by atoms with E-state index in [0.29, 0.717) is 0 Å². The summed E-state index contributed by atoms with van der Waals surface area (Å²) < 4.78 is 12.9. The third kappa shape index (κ3) is 5.74. The summed E-state index contributed by atoms with van der Waals surface area (Å²) in [7, 11) is 0. The lowest BCUT2D eigenvalue weighted by molar-refractivity contribution is -0.133. The number of rotatable bonds is 6. The summed E-state index contributed by atoms with van der Waals surface area (Å²) in [6, 6.07) is 5.29. The van der Waals surface area contributed by atoms with Gasteiger partial charge in [-0.25, -0.2) is 4.39 Å². The maximum absolute atomic E-state index is 12.9. The van der Waals surface area contributed by atoms with Crippen LogP contribution in [-0.2, 0) is 9.59 Å². The van der Waals surface area contributed by atoms with Crippen molar-refractivity contribution in [2.24, 2.45) is 17.6 Å². The molecule has 1 aliphatic carbocycles. The number of carbonyl (C=O) groups is 2. The van der Waals surface area contributed by atoms with Crippen molar-refractivity contribution in [2.75, 3.05) is 13.1 Å². The molecule has 4 nitrogen and oxygen atoms in total. The van der Waals surface area contributed by atoms with E-state index in [9.17, 15) is 14.0 Å². The van der Waals surface area contributed by atoms with Crippen molar-refractivity contribution in [3.63, 3.8) is 0 Å². The van der Waals surface area contributed by atoms with E-state index in [-0.39, 0.29) is 30.3 Å². The summed E-state index contributed by atoms with van der Waals surface area (Å²) in [4.78, 5) is 26.8. The molecule has 1 aliphatic heterocycles. The van der Waals surface area contributed by atoms with E-state index >= 15 is 0 Å². The fourth-order valence-corrected chi connectivity index (χ4v) is 4.52. The number of allylic oxidation sites excluding steroid dienone is 1. The second kappa shape index (κ2) is 9.97. The molecule has 2 aliphatic rings. The van der Waals surface area contributed by atoms with Crippen LogP contribution in [0.5, 0.6) is 0 Å². The lowest BCUT2D eigenvalue weighted by Gasteiger charge is -2.29. The number of hydrogen-bond acceptors (Lipinski definition) is 3. The number of ketones is 1. The molecule has 1 heterocycles. The third-order valence-corrected chi connectivity index (χ3v) is 6.27. The number of benzene rings is 1. The molecule has 0 bridgehead atoms. The maximum Gasteiger partial charge on any atom is 0.224 e. The molecule has 1 saturated carbocycles. The Bertz CT molecular complexity index is 685. The van der Waals surface area contributed by atoms with Crippen molar-refractivity contribution in [2.45, 2.75) is 57.4 Å². The Morgan fingerprint density at radius 1 is 1.07 bits per heavy atom. The average molecular weight is 387 g/mol. The minimum absolute atomic E-state index is 0.00186. The highest BCUT2D eigenvalue weighted by atomic mass is 19.1. The fraction of sp³-hybridized carbons (Fsp3) is 0.565. The first-order chi connectivity index (χ1) is 13.5. The highest BCUT2D eigenvalue weighted by molar-refractivity contribution is 5.90. The molecule has 1 aromatic rings. The van der Waals surface area contributed by atoms with Crippen LogP contribution in [0, 0.1) is 17.7 Å². The molecule has 3 atom stereocenters. The molecular weight excluding hydrogens is 355 g/mol. The normalized spacial score (nSPS) is 23.9. The second-order valence-electron chi connectivity index (χ2n) is 8.20. The Morgan fingerprint density at radius 2 is 1.68 bits per heavy atom. The van der Waals surface area contributed by atoms with E-state index in [0.717, 1.165) is 43.3 Å². The van der Waals surface area contributed by atoms with E-state index in [1.807, 2.05) is 4.90 Å². The minimum Gasteiger partial charge on any atom is -0.343 e. The SMILES string of the molecule is NC(CC(=O)N1CCC2CCCCC2CC1)C(=O)C/C=C/c1ccc(F)cc1.